The van der Waals surface area contributed by atoms with E-state index in [0.29, 0.717) is 18.7 Å². The minimum atomic E-state index is -1.25. The molecule has 0 spiro atoms. The number of hydrogen-bond donors (Lipinski definition) is 0. The molecule has 0 unspecified atom stereocenters. The van der Waals surface area contributed by atoms with Gasteiger partial charge in [0.15, 0.2) is 11.4 Å². The van der Waals surface area contributed by atoms with E-state index < -0.39 is 23.5 Å². The van der Waals surface area contributed by atoms with Gasteiger partial charge in [-0.05, 0) is 18.9 Å². The smallest absolute Gasteiger partial charge is 0.351 e. The standard InChI is InChI=1S/C14H14N6O4/c1-10(21)23-7-14(6-15)4-2-12(24-14)19-5-3-11(18-13(19)22)20-9-16-8-17-20/h3,5,8-9,12H,2,4,7H2,1H3/t12-,14+/m0/s1. The fourth-order valence-corrected chi connectivity index (χ4v) is 2.45. The highest BCUT2D eigenvalue weighted by atomic mass is 16.6. The SMILES string of the molecule is CC(=O)OC[C@]1(C#N)CC[C@@H](n2ccc(-n3cncn3)nc2=O)O1. The van der Waals surface area contributed by atoms with Gasteiger partial charge in [-0.15, -0.1) is 0 Å². The van der Waals surface area contributed by atoms with Gasteiger partial charge in [0.05, 0.1) is 0 Å². The molecule has 2 aromatic heterocycles. The molecule has 0 aliphatic carbocycles. The second kappa shape index (κ2) is 6.21. The molecule has 0 amide bonds. The summed E-state index contributed by atoms with van der Waals surface area (Å²) in [4.78, 5) is 30.9. The van der Waals surface area contributed by atoms with E-state index in [1.54, 1.807) is 6.07 Å². The molecule has 3 rings (SSSR count). The number of ether oxygens (including phenoxy) is 2. The number of nitriles is 1. The Kier molecular flexibility index (Phi) is 4.09. The van der Waals surface area contributed by atoms with Gasteiger partial charge in [0.1, 0.15) is 31.6 Å². The van der Waals surface area contributed by atoms with E-state index in [1.807, 2.05) is 6.07 Å². The van der Waals surface area contributed by atoms with Crippen LogP contribution in [0.25, 0.3) is 5.82 Å². The van der Waals surface area contributed by atoms with Crippen molar-refractivity contribution in [1.82, 2.24) is 24.3 Å². The number of nitrogens with zero attached hydrogens (tertiary/aromatic N) is 6. The average molecular weight is 330 g/mol. The van der Waals surface area contributed by atoms with Crippen LogP contribution in [-0.2, 0) is 14.3 Å². The first-order valence-electron chi connectivity index (χ1n) is 7.20. The Labute approximate surface area is 136 Å². The lowest BCUT2D eigenvalue weighted by Gasteiger charge is -2.21. The lowest BCUT2D eigenvalue weighted by Crippen LogP contribution is -2.35. The molecule has 1 aliphatic heterocycles. The van der Waals surface area contributed by atoms with E-state index in [4.69, 9.17) is 9.47 Å². The van der Waals surface area contributed by atoms with Crippen molar-refractivity contribution in [2.24, 2.45) is 0 Å². The van der Waals surface area contributed by atoms with E-state index in [-0.39, 0.29) is 6.61 Å². The van der Waals surface area contributed by atoms with Gasteiger partial charge in [0, 0.05) is 13.1 Å². The van der Waals surface area contributed by atoms with Gasteiger partial charge in [-0.25, -0.2) is 14.5 Å². The van der Waals surface area contributed by atoms with Crippen molar-refractivity contribution >= 4 is 5.97 Å². The summed E-state index contributed by atoms with van der Waals surface area (Å²) in [6.07, 6.45) is 4.42. The van der Waals surface area contributed by atoms with Crippen LogP contribution in [-0.4, -0.2) is 42.5 Å². The van der Waals surface area contributed by atoms with E-state index in [1.165, 1.54) is 35.0 Å². The lowest BCUT2D eigenvalue weighted by molar-refractivity contribution is -0.150. The highest BCUT2D eigenvalue weighted by Crippen LogP contribution is 2.35. The van der Waals surface area contributed by atoms with Crippen molar-refractivity contribution in [2.45, 2.75) is 31.6 Å². The van der Waals surface area contributed by atoms with Crippen LogP contribution in [0.3, 0.4) is 0 Å². The second-order valence-electron chi connectivity index (χ2n) is 5.31. The third-order valence-corrected chi connectivity index (χ3v) is 3.65. The normalized spacial score (nSPS) is 22.9. The largest absolute Gasteiger partial charge is 0.462 e. The molecular formula is C14H14N6O4. The minimum absolute atomic E-state index is 0.172. The molecule has 10 heteroatoms. The summed E-state index contributed by atoms with van der Waals surface area (Å²) in [5, 5.41) is 13.2. The van der Waals surface area contributed by atoms with Crippen LogP contribution >= 0.6 is 0 Å². The van der Waals surface area contributed by atoms with E-state index in [0.717, 1.165) is 0 Å². The highest BCUT2D eigenvalue weighted by molar-refractivity contribution is 5.66. The summed E-state index contributed by atoms with van der Waals surface area (Å²) in [6, 6.07) is 3.62. The van der Waals surface area contributed by atoms with Crippen LogP contribution in [0, 0.1) is 11.3 Å². The maximum Gasteiger partial charge on any atom is 0.351 e. The van der Waals surface area contributed by atoms with Gasteiger partial charge in [-0.1, -0.05) is 0 Å². The van der Waals surface area contributed by atoms with Crippen LogP contribution in [0.5, 0.6) is 0 Å². The molecule has 0 radical (unpaired) electrons. The Hall–Kier alpha value is -3.06. The summed E-state index contributed by atoms with van der Waals surface area (Å²) in [6.45, 7) is 1.09. The maximum absolute atomic E-state index is 12.2. The molecule has 0 saturated carbocycles. The summed E-state index contributed by atoms with van der Waals surface area (Å²) in [5.41, 5.74) is -1.78. The van der Waals surface area contributed by atoms with Gasteiger partial charge in [0.25, 0.3) is 0 Å². The van der Waals surface area contributed by atoms with Gasteiger partial charge in [-0.3, -0.25) is 9.36 Å². The molecule has 124 valence electrons. The molecule has 10 nitrogen and oxygen atoms in total. The lowest BCUT2D eigenvalue weighted by atomic mass is 10.0. The van der Waals surface area contributed by atoms with Crippen molar-refractivity contribution < 1.29 is 14.3 Å². The fourth-order valence-electron chi connectivity index (χ4n) is 2.45. The molecule has 24 heavy (non-hydrogen) atoms. The van der Waals surface area contributed by atoms with Crippen molar-refractivity contribution in [3.63, 3.8) is 0 Å². The van der Waals surface area contributed by atoms with Crippen molar-refractivity contribution in [3.8, 4) is 11.9 Å². The summed E-state index contributed by atoms with van der Waals surface area (Å²) in [7, 11) is 0. The summed E-state index contributed by atoms with van der Waals surface area (Å²) in [5.74, 6) is -0.161. The van der Waals surface area contributed by atoms with Crippen molar-refractivity contribution in [1.29, 1.82) is 5.26 Å². The number of esters is 1. The summed E-state index contributed by atoms with van der Waals surface area (Å²) < 4.78 is 13.3. The number of aromatic nitrogens is 5. The predicted octanol–water partition coefficient (Wildman–Crippen LogP) is -0.0415. The van der Waals surface area contributed by atoms with Crippen LogP contribution in [0.2, 0.25) is 0 Å². The first kappa shape index (κ1) is 15.8. The van der Waals surface area contributed by atoms with Gasteiger partial charge < -0.3 is 9.47 Å². The van der Waals surface area contributed by atoms with Crippen molar-refractivity contribution in [3.05, 3.63) is 35.4 Å². The quantitative estimate of drug-likeness (QED) is 0.715. The molecule has 1 fully saturated rings. The third kappa shape index (κ3) is 3.02. The summed E-state index contributed by atoms with van der Waals surface area (Å²) >= 11 is 0. The van der Waals surface area contributed by atoms with Crippen molar-refractivity contribution in [2.75, 3.05) is 6.61 Å². The zero-order valence-electron chi connectivity index (χ0n) is 12.8. The number of carbonyl (C=O) groups excluding carboxylic acids is 1. The molecule has 2 atom stereocenters. The molecule has 1 aliphatic rings. The minimum Gasteiger partial charge on any atom is -0.462 e. The Bertz CT molecular complexity index is 840. The fraction of sp³-hybridized carbons (Fsp3) is 0.429. The molecule has 0 N–H and O–H groups in total. The van der Waals surface area contributed by atoms with Crippen LogP contribution in [0.4, 0.5) is 0 Å². The Morgan fingerprint density at radius 1 is 1.62 bits per heavy atom. The second-order valence-corrected chi connectivity index (χ2v) is 5.31. The molecule has 1 saturated heterocycles. The molecule has 0 aromatic carbocycles. The molecular weight excluding hydrogens is 316 g/mol. The average Bonchev–Trinajstić information content (AvgIpc) is 3.23. The monoisotopic (exact) mass is 330 g/mol. The van der Waals surface area contributed by atoms with Gasteiger partial charge in [-0.2, -0.15) is 15.3 Å². The first-order valence-corrected chi connectivity index (χ1v) is 7.20. The zero-order chi connectivity index (χ0) is 17.2. The van der Waals surface area contributed by atoms with Crippen LogP contribution in [0.15, 0.2) is 29.7 Å². The zero-order valence-corrected chi connectivity index (χ0v) is 12.8. The van der Waals surface area contributed by atoms with Gasteiger partial charge in [0.2, 0.25) is 0 Å². The van der Waals surface area contributed by atoms with Crippen LogP contribution in [0.1, 0.15) is 26.0 Å². The van der Waals surface area contributed by atoms with E-state index >= 15 is 0 Å². The molecule has 0 bridgehead atoms. The number of carbonyl (C=O) groups is 1. The predicted molar refractivity (Wildman–Crippen MR) is 77.7 cm³/mol. The van der Waals surface area contributed by atoms with Crippen LogP contribution < -0.4 is 5.69 Å². The molecule has 2 aromatic rings. The Balaban J connectivity index is 1.80. The first-order chi connectivity index (χ1) is 11.5. The molecule has 3 heterocycles. The number of rotatable bonds is 4. The van der Waals surface area contributed by atoms with Gasteiger partial charge >= 0.3 is 11.7 Å². The number of hydrogen-bond acceptors (Lipinski definition) is 8. The Morgan fingerprint density at radius 3 is 3.08 bits per heavy atom. The van der Waals surface area contributed by atoms with E-state index in [2.05, 4.69) is 15.1 Å². The van der Waals surface area contributed by atoms with E-state index in [9.17, 15) is 14.9 Å². The Morgan fingerprint density at radius 2 is 2.46 bits per heavy atom. The third-order valence-electron chi connectivity index (χ3n) is 3.65. The maximum atomic E-state index is 12.2. The highest BCUT2D eigenvalue weighted by Gasteiger charge is 2.43. The topological polar surface area (TPSA) is 125 Å².